The predicted octanol–water partition coefficient (Wildman–Crippen LogP) is 10.6. The maximum atomic E-state index is 12.6. The topological polar surface area (TPSA) is 99.1 Å². The van der Waals surface area contributed by atoms with Gasteiger partial charge in [0.25, 0.3) is 0 Å². The molecule has 0 aromatic rings. The van der Waals surface area contributed by atoms with E-state index < -0.39 is 18.1 Å². The number of nitrogens with zero attached hydrogens (tertiary/aromatic N) is 1. The fraction of sp³-hybridized carbons (Fsp3) is 0.705. The number of hydrogen-bond donors (Lipinski definition) is 1. The predicted molar refractivity (Wildman–Crippen MR) is 215 cm³/mol. The summed E-state index contributed by atoms with van der Waals surface area (Å²) < 4.78 is 17.2. The molecule has 0 aliphatic carbocycles. The smallest absolute Gasteiger partial charge is 0.362 e. The standard InChI is InChI=1S/C44H75NO7/c1-6-8-10-12-14-16-17-18-19-20-21-22-23-24-25-27-28-30-32-34-42(46)51-39-40(38-50-37-36-41(44(48)49)45(3,4)5)52-43(47)35-33-31-29-26-15-13-11-9-7-2/h8,10,14,16,18-19,21-22,24-25,40-41H,6-7,9,11-13,15,17,20,23,26-39H2,1-5H3/p+1/b10-8+,16-14+,19-18+,22-21+,25-24+. The molecule has 0 fully saturated rings. The first-order chi connectivity index (χ1) is 25.1. The Labute approximate surface area is 318 Å². The zero-order valence-electron chi connectivity index (χ0n) is 33.7. The Morgan fingerprint density at radius 1 is 0.596 bits per heavy atom. The van der Waals surface area contributed by atoms with Crippen LogP contribution in [0.2, 0.25) is 0 Å². The fourth-order valence-electron chi connectivity index (χ4n) is 5.53. The zero-order chi connectivity index (χ0) is 38.5. The van der Waals surface area contributed by atoms with E-state index in [1.807, 2.05) is 21.1 Å². The highest BCUT2D eigenvalue weighted by Gasteiger charge is 2.31. The van der Waals surface area contributed by atoms with Crippen molar-refractivity contribution in [3.63, 3.8) is 0 Å². The van der Waals surface area contributed by atoms with Crippen molar-refractivity contribution < 1.29 is 38.2 Å². The summed E-state index contributed by atoms with van der Waals surface area (Å²) in [6, 6.07) is -0.619. The minimum atomic E-state index is -0.883. The molecule has 2 atom stereocenters. The third-order valence-electron chi connectivity index (χ3n) is 8.68. The number of unbranched alkanes of at least 4 members (excludes halogenated alkanes) is 11. The Morgan fingerprint density at radius 3 is 1.60 bits per heavy atom. The molecule has 0 bridgehead atoms. The van der Waals surface area contributed by atoms with E-state index in [0.29, 0.717) is 19.3 Å². The van der Waals surface area contributed by atoms with Crippen LogP contribution in [0, 0.1) is 0 Å². The van der Waals surface area contributed by atoms with Gasteiger partial charge in [0.15, 0.2) is 12.1 Å². The number of hydrogen-bond acceptors (Lipinski definition) is 6. The van der Waals surface area contributed by atoms with Crippen molar-refractivity contribution >= 4 is 17.9 Å². The lowest BCUT2D eigenvalue weighted by atomic mass is 10.1. The molecule has 0 heterocycles. The van der Waals surface area contributed by atoms with Gasteiger partial charge in [-0.3, -0.25) is 9.59 Å². The Morgan fingerprint density at radius 2 is 1.08 bits per heavy atom. The average molecular weight is 731 g/mol. The Balaban J connectivity index is 4.40. The van der Waals surface area contributed by atoms with Gasteiger partial charge in [-0.05, 0) is 57.8 Å². The van der Waals surface area contributed by atoms with Gasteiger partial charge >= 0.3 is 17.9 Å². The lowest BCUT2D eigenvalue weighted by Crippen LogP contribution is -2.50. The maximum Gasteiger partial charge on any atom is 0.362 e. The fourth-order valence-corrected chi connectivity index (χ4v) is 5.53. The molecule has 0 radical (unpaired) electrons. The number of carbonyl (C=O) groups is 3. The van der Waals surface area contributed by atoms with Gasteiger partial charge in [0.05, 0.1) is 34.4 Å². The SMILES string of the molecule is CC/C=C/C/C=C/C/C=C/C/C=C/C/C=C/CCCCCC(=O)OCC(COCCC(C(=O)O)[N+](C)(C)C)OC(=O)CCCCCCCCCCC. The van der Waals surface area contributed by atoms with Crippen LogP contribution in [0.5, 0.6) is 0 Å². The number of quaternary nitrogens is 1. The first-order valence-corrected chi connectivity index (χ1v) is 20.3. The van der Waals surface area contributed by atoms with Gasteiger partial charge in [0.1, 0.15) is 6.61 Å². The summed E-state index contributed by atoms with van der Waals surface area (Å²) in [5.41, 5.74) is 0. The summed E-state index contributed by atoms with van der Waals surface area (Å²) in [5, 5.41) is 9.58. The van der Waals surface area contributed by atoms with Crippen molar-refractivity contribution in [1.29, 1.82) is 0 Å². The molecule has 52 heavy (non-hydrogen) atoms. The number of esters is 2. The molecule has 0 saturated carbocycles. The molecule has 0 aliphatic heterocycles. The highest BCUT2D eigenvalue weighted by molar-refractivity contribution is 5.72. The van der Waals surface area contributed by atoms with Crippen LogP contribution in [0.15, 0.2) is 60.8 Å². The van der Waals surface area contributed by atoms with Gasteiger partial charge in [-0.2, -0.15) is 0 Å². The van der Waals surface area contributed by atoms with Crippen molar-refractivity contribution in [2.24, 2.45) is 0 Å². The number of ether oxygens (including phenoxy) is 3. The van der Waals surface area contributed by atoms with E-state index in [2.05, 4.69) is 74.6 Å². The number of carboxylic acid groups (broad SMARTS) is 1. The van der Waals surface area contributed by atoms with Crippen molar-refractivity contribution in [1.82, 2.24) is 0 Å². The summed E-state index contributed by atoms with van der Waals surface area (Å²) in [6.45, 7) is 4.55. The normalized spacial score (nSPS) is 13.6. The maximum absolute atomic E-state index is 12.6. The number of aliphatic carboxylic acids is 1. The molecule has 0 aromatic carbocycles. The molecule has 0 amide bonds. The van der Waals surface area contributed by atoms with Gasteiger partial charge in [-0.25, -0.2) is 4.79 Å². The van der Waals surface area contributed by atoms with E-state index in [1.54, 1.807) is 0 Å². The summed E-state index contributed by atoms with van der Waals surface area (Å²) in [5.74, 6) is -1.52. The molecule has 0 aromatic heterocycles. The van der Waals surface area contributed by atoms with E-state index in [1.165, 1.54) is 38.5 Å². The molecule has 1 N–H and O–H groups in total. The van der Waals surface area contributed by atoms with Crippen molar-refractivity contribution in [2.75, 3.05) is 41.0 Å². The first-order valence-electron chi connectivity index (χ1n) is 20.3. The Kier molecular flexibility index (Phi) is 33.1. The second kappa shape index (κ2) is 35.1. The van der Waals surface area contributed by atoms with Gasteiger partial charge in [-0.1, -0.05) is 132 Å². The van der Waals surface area contributed by atoms with Crippen LogP contribution in [0.4, 0.5) is 0 Å². The third-order valence-corrected chi connectivity index (χ3v) is 8.68. The molecule has 0 spiro atoms. The lowest BCUT2D eigenvalue weighted by molar-refractivity contribution is -0.887. The summed E-state index contributed by atoms with van der Waals surface area (Å²) in [7, 11) is 5.50. The molecule has 2 unspecified atom stereocenters. The second-order valence-corrected chi connectivity index (χ2v) is 14.5. The van der Waals surface area contributed by atoms with Gasteiger partial charge in [0, 0.05) is 19.3 Å². The lowest BCUT2D eigenvalue weighted by Gasteiger charge is -2.31. The minimum Gasteiger partial charge on any atom is -0.477 e. The highest BCUT2D eigenvalue weighted by atomic mass is 16.6. The summed E-state index contributed by atoms with van der Waals surface area (Å²) in [4.78, 5) is 36.8. The van der Waals surface area contributed by atoms with E-state index in [9.17, 15) is 19.5 Å². The van der Waals surface area contributed by atoms with E-state index >= 15 is 0 Å². The number of rotatable bonds is 35. The number of carbonyl (C=O) groups excluding carboxylic acids is 2. The van der Waals surface area contributed by atoms with Crippen LogP contribution in [0.3, 0.4) is 0 Å². The highest BCUT2D eigenvalue weighted by Crippen LogP contribution is 2.13. The number of allylic oxidation sites excluding steroid dienone is 10. The minimum absolute atomic E-state index is 0.0491. The first kappa shape index (κ1) is 49.0. The molecular weight excluding hydrogens is 654 g/mol. The summed E-state index contributed by atoms with van der Waals surface area (Å²) in [6.07, 6.45) is 41.2. The van der Waals surface area contributed by atoms with Crippen molar-refractivity contribution in [3.8, 4) is 0 Å². The quantitative estimate of drug-likeness (QED) is 0.0300. The second-order valence-electron chi connectivity index (χ2n) is 14.5. The molecule has 8 heteroatoms. The number of carboxylic acids is 1. The van der Waals surface area contributed by atoms with Crippen LogP contribution in [-0.4, -0.2) is 80.6 Å². The van der Waals surface area contributed by atoms with Gasteiger partial charge in [-0.15, -0.1) is 0 Å². The third kappa shape index (κ3) is 32.9. The van der Waals surface area contributed by atoms with Gasteiger partial charge < -0.3 is 23.8 Å². The molecular formula is C44H76NO7+. The van der Waals surface area contributed by atoms with Crippen molar-refractivity contribution in [3.05, 3.63) is 60.8 Å². The van der Waals surface area contributed by atoms with Crippen molar-refractivity contribution in [2.45, 2.75) is 161 Å². The average Bonchev–Trinajstić information content (AvgIpc) is 3.09. The van der Waals surface area contributed by atoms with Crippen LogP contribution in [0.25, 0.3) is 0 Å². The largest absolute Gasteiger partial charge is 0.477 e. The molecule has 0 aliphatic rings. The van der Waals surface area contributed by atoms with E-state index in [-0.39, 0.29) is 36.2 Å². The van der Waals surface area contributed by atoms with Crippen LogP contribution in [-0.2, 0) is 28.6 Å². The van der Waals surface area contributed by atoms with E-state index in [0.717, 1.165) is 77.0 Å². The monoisotopic (exact) mass is 731 g/mol. The molecule has 0 rings (SSSR count). The van der Waals surface area contributed by atoms with Crippen LogP contribution >= 0.6 is 0 Å². The Bertz CT molecular complexity index is 1040. The van der Waals surface area contributed by atoms with E-state index in [4.69, 9.17) is 14.2 Å². The summed E-state index contributed by atoms with van der Waals surface area (Å²) >= 11 is 0. The van der Waals surface area contributed by atoms with Crippen LogP contribution in [0.1, 0.15) is 149 Å². The van der Waals surface area contributed by atoms with Crippen LogP contribution < -0.4 is 0 Å². The number of likely N-dealkylation sites (N-methyl/N-ethyl adjacent to an activating group) is 1. The molecule has 8 nitrogen and oxygen atoms in total. The molecule has 298 valence electrons. The van der Waals surface area contributed by atoms with Gasteiger partial charge in [0.2, 0.25) is 0 Å². The Hall–Kier alpha value is -2.97. The molecule has 0 saturated heterocycles. The zero-order valence-corrected chi connectivity index (χ0v) is 33.7.